The van der Waals surface area contributed by atoms with E-state index in [0.29, 0.717) is 34.0 Å². The number of halogens is 1. The maximum absolute atomic E-state index is 13.1. The lowest BCUT2D eigenvalue weighted by Gasteiger charge is -2.30. The molecule has 0 saturated heterocycles. The minimum Gasteiger partial charge on any atom is -0.379 e. The summed E-state index contributed by atoms with van der Waals surface area (Å²) in [6, 6.07) is 5.43. The number of imidazole rings is 1. The smallest absolute Gasteiger partial charge is 0.276 e. The van der Waals surface area contributed by atoms with Crippen molar-refractivity contribution in [2.75, 3.05) is 16.0 Å². The first-order chi connectivity index (χ1) is 17.4. The third-order valence-corrected chi connectivity index (χ3v) is 6.67. The van der Waals surface area contributed by atoms with Crippen LogP contribution in [0.5, 0.6) is 0 Å². The highest BCUT2D eigenvalue weighted by Gasteiger charge is 2.26. The Morgan fingerprint density at radius 2 is 1.75 bits per heavy atom. The van der Waals surface area contributed by atoms with Crippen LogP contribution in [0.4, 0.5) is 17.2 Å². The van der Waals surface area contributed by atoms with Crippen molar-refractivity contribution in [2.24, 2.45) is 5.73 Å². The van der Waals surface area contributed by atoms with E-state index in [2.05, 4.69) is 31.2 Å². The fourth-order valence-corrected chi connectivity index (χ4v) is 4.52. The number of rotatable bonds is 8. The van der Waals surface area contributed by atoms with Crippen LogP contribution >= 0.6 is 11.6 Å². The van der Waals surface area contributed by atoms with Crippen molar-refractivity contribution in [3.63, 3.8) is 0 Å². The molecule has 2 fully saturated rings. The van der Waals surface area contributed by atoms with Crippen LogP contribution < -0.4 is 27.0 Å². The molecule has 0 radical (unpaired) electrons. The van der Waals surface area contributed by atoms with Gasteiger partial charge in [0.2, 0.25) is 5.91 Å². The summed E-state index contributed by atoms with van der Waals surface area (Å²) >= 11 is 5.95. The van der Waals surface area contributed by atoms with Gasteiger partial charge in [-0.1, -0.05) is 11.6 Å². The predicted molar refractivity (Wildman–Crippen MR) is 138 cm³/mol. The summed E-state index contributed by atoms with van der Waals surface area (Å²) < 4.78 is 1.57. The zero-order valence-corrected chi connectivity index (χ0v) is 20.8. The first-order valence-electron chi connectivity index (χ1n) is 12.3. The molecule has 12 heteroatoms. The fourth-order valence-electron chi connectivity index (χ4n) is 4.35. The highest BCUT2D eigenvalue weighted by molar-refractivity contribution is 6.29. The number of nitrogens with two attached hydrogens (primary N) is 1. The molecule has 0 spiro atoms. The molecule has 3 aromatic rings. The van der Waals surface area contributed by atoms with E-state index in [-0.39, 0.29) is 23.9 Å². The fraction of sp³-hybridized carbons (Fsp3) is 0.458. The van der Waals surface area contributed by atoms with Gasteiger partial charge in [0, 0.05) is 36.1 Å². The van der Waals surface area contributed by atoms with Crippen LogP contribution in [0.1, 0.15) is 55.9 Å². The molecule has 36 heavy (non-hydrogen) atoms. The van der Waals surface area contributed by atoms with Crippen LogP contribution in [0.25, 0.3) is 5.65 Å². The Labute approximate surface area is 213 Å². The molecule has 3 aromatic heterocycles. The number of nitrogens with zero attached hydrogens (tertiary/aromatic N) is 4. The van der Waals surface area contributed by atoms with Crippen LogP contribution in [0, 0.1) is 0 Å². The first-order valence-corrected chi connectivity index (χ1v) is 12.6. The summed E-state index contributed by atoms with van der Waals surface area (Å²) in [6.45, 7) is 1.69. The number of amides is 2. The molecular weight excluding hydrogens is 482 g/mol. The van der Waals surface area contributed by atoms with E-state index in [0.717, 1.165) is 44.2 Å². The topological polar surface area (TPSA) is 151 Å². The lowest BCUT2D eigenvalue weighted by Crippen LogP contribution is -2.46. The van der Waals surface area contributed by atoms with Crippen molar-refractivity contribution < 1.29 is 9.59 Å². The highest BCUT2D eigenvalue weighted by atomic mass is 35.5. The average molecular weight is 512 g/mol. The number of hydrogen-bond acceptors (Lipinski definition) is 8. The lowest BCUT2D eigenvalue weighted by atomic mass is 9.91. The summed E-state index contributed by atoms with van der Waals surface area (Å²) in [6.07, 6.45) is 8.74. The van der Waals surface area contributed by atoms with E-state index in [1.807, 2.05) is 6.07 Å². The van der Waals surface area contributed by atoms with Crippen molar-refractivity contribution in [1.82, 2.24) is 24.9 Å². The van der Waals surface area contributed by atoms with Crippen molar-refractivity contribution in [2.45, 2.75) is 69.6 Å². The third-order valence-electron chi connectivity index (χ3n) is 6.46. The SMILES string of the molecule is C[C@H](N)C(=O)NC1CCC(Nc2cc(NC3CC3)c3ncc(C(=O)Nc4ccnc(Cl)c4)n3n2)CC1. The Morgan fingerprint density at radius 3 is 2.44 bits per heavy atom. The first kappa shape index (κ1) is 24.3. The van der Waals surface area contributed by atoms with Gasteiger partial charge in [-0.15, -0.1) is 5.10 Å². The van der Waals surface area contributed by atoms with Gasteiger partial charge in [-0.3, -0.25) is 9.59 Å². The molecule has 2 saturated carbocycles. The van der Waals surface area contributed by atoms with Crippen LogP contribution in [-0.2, 0) is 4.79 Å². The Balaban J connectivity index is 1.33. The van der Waals surface area contributed by atoms with Gasteiger partial charge in [0.15, 0.2) is 11.3 Å². The second-order valence-electron chi connectivity index (χ2n) is 9.55. The zero-order chi connectivity index (χ0) is 25.2. The molecule has 2 amide bonds. The van der Waals surface area contributed by atoms with Gasteiger partial charge in [0.25, 0.3) is 5.91 Å². The van der Waals surface area contributed by atoms with Gasteiger partial charge in [-0.05, 0) is 57.6 Å². The second-order valence-corrected chi connectivity index (χ2v) is 9.94. The molecule has 0 bridgehead atoms. The van der Waals surface area contributed by atoms with E-state index in [9.17, 15) is 9.59 Å². The molecule has 0 aliphatic heterocycles. The minimum atomic E-state index is -0.508. The van der Waals surface area contributed by atoms with Crippen molar-refractivity contribution >= 4 is 46.3 Å². The van der Waals surface area contributed by atoms with Crippen molar-refractivity contribution in [1.29, 1.82) is 0 Å². The predicted octanol–water partition coefficient (Wildman–Crippen LogP) is 2.79. The number of pyridine rings is 1. The molecule has 6 N–H and O–H groups in total. The maximum atomic E-state index is 13.1. The van der Waals surface area contributed by atoms with Gasteiger partial charge in [0.05, 0.1) is 17.9 Å². The zero-order valence-electron chi connectivity index (χ0n) is 20.0. The molecule has 0 aromatic carbocycles. The number of carbonyl (C=O) groups excluding carboxylic acids is 2. The van der Waals surface area contributed by atoms with E-state index in [1.54, 1.807) is 23.6 Å². The molecular formula is C24H30ClN9O2. The van der Waals surface area contributed by atoms with Crippen molar-refractivity contribution in [3.05, 3.63) is 41.4 Å². The van der Waals surface area contributed by atoms with Gasteiger partial charge in [-0.25, -0.2) is 14.5 Å². The Hall–Kier alpha value is -3.44. The average Bonchev–Trinajstić information content (AvgIpc) is 3.55. The number of fused-ring (bicyclic) bond motifs is 1. The van der Waals surface area contributed by atoms with E-state index < -0.39 is 6.04 Å². The molecule has 5 rings (SSSR count). The number of hydrogen-bond donors (Lipinski definition) is 5. The maximum Gasteiger partial charge on any atom is 0.276 e. The van der Waals surface area contributed by atoms with Crippen LogP contribution in [0.3, 0.4) is 0 Å². The number of nitrogens with one attached hydrogen (secondary N) is 4. The quantitative estimate of drug-likeness (QED) is 0.289. The largest absolute Gasteiger partial charge is 0.379 e. The molecule has 2 aliphatic carbocycles. The normalized spacial score (nSPS) is 20.5. The molecule has 0 unspecified atom stereocenters. The van der Waals surface area contributed by atoms with Crippen LogP contribution in [0.2, 0.25) is 5.15 Å². The summed E-state index contributed by atoms with van der Waals surface area (Å²) in [7, 11) is 0. The number of aromatic nitrogens is 4. The van der Waals surface area contributed by atoms with Gasteiger partial charge < -0.3 is 27.0 Å². The van der Waals surface area contributed by atoms with Gasteiger partial charge in [-0.2, -0.15) is 0 Å². The van der Waals surface area contributed by atoms with Crippen molar-refractivity contribution in [3.8, 4) is 0 Å². The lowest BCUT2D eigenvalue weighted by molar-refractivity contribution is -0.122. The van der Waals surface area contributed by atoms with Crippen LogP contribution in [-0.4, -0.2) is 55.6 Å². The molecule has 190 valence electrons. The molecule has 1 atom stereocenters. The Bertz CT molecular complexity index is 1270. The summed E-state index contributed by atoms with van der Waals surface area (Å²) in [4.78, 5) is 33.4. The summed E-state index contributed by atoms with van der Waals surface area (Å²) in [5, 5.41) is 17.9. The number of carbonyl (C=O) groups is 2. The summed E-state index contributed by atoms with van der Waals surface area (Å²) in [5.74, 6) is 0.194. The summed E-state index contributed by atoms with van der Waals surface area (Å²) in [5.41, 5.74) is 7.94. The minimum absolute atomic E-state index is 0.116. The van der Waals surface area contributed by atoms with E-state index in [4.69, 9.17) is 22.4 Å². The Morgan fingerprint density at radius 1 is 1.06 bits per heavy atom. The molecule has 3 heterocycles. The monoisotopic (exact) mass is 511 g/mol. The van der Waals surface area contributed by atoms with Gasteiger partial charge >= 0.3 is 0 Å². The van der Waals surface area contributed by atoms with E-state index >= 15 is 0 Å². The molecule has 11 nitrogen and oxygen atoms in total. The third kappa shape index (κ3) is 5.68. The number of anilines is 3. The highest BCUT2D eigenvalue weighted by Crippen LogP contribution is 2.30. The van der Waals surface area contributed by atoms with E-state index in [1.165, 1.54) is 12.4 Å². The Kier molecular flexibility index (Phi) is 6.92. The second kappa shape index (κ2) is 10.3. The van der Waals surface area contributed by atoms with Crippen LogP contribution in [0.15, 0.2) is 30.6 Å². The standard InChI is InChI=1S/C24H30ClN9O2/c1-13(26)23(35)31-16-6-4-15(5-7-16)30-21-11-18(29-14-2-3-14)22-28-12-19(34(22)33-21)24(36)32-17-8-9-27-20(25)10-17/h8-16,29H,2-7,26H2,1H3,(H,30,33)(H,31,35)(H,27,32,36)/t13-,15?,16?/m0/s1. The van der Waals surface area contributed by atoms with Gasteiger partial charge in [0.1, 0.15) is 11.0 Å². The molecule has 2 aliphatic rings.